The van der Waals surface area contributed by atoms with Crippen LogP contribution in [0, 0.1) is 0 Å². The Morgan fingerprint density at radius 2 is 2.07 bits per heavy atom. The Balaban J connectivity index is 1.44. The maximum atomic E-state index is 10.6. The molecular formula is C19H23N5O5. The van der Waals surface area contributed by atoms with Gasteiger partial charge in [0.1, 0.15) is 11.6 Å². The molecule has 2 aliphatic rings. The Labute approximate surface area is 167 Å². The highest BCUT2D eigenvalue weighted by Gasteiger charge is 2.44. The molecule has 0 aliphatic carbocycles. The highest BCUT2D eigenvalue weighted by atomic mass is 16.6. The molecule has 2 aromatic rings. The lowest BCUT2D eigenvalue weighted by Gasteiger charge is -2.31. The van der Waals surface area contributed by atoms with E-state index >= 15 is 0 Å². The molecule has 1 aromatic carbocycles. The molecule has 0 radical (unpaired) electrons. The van der Waals surface area contributed by atoms with E-state index in [9.17, 15) is 4.79 Å². The first-order valence-corrected chi connectivity index (χ1v) is 9.27. The fourth-order valence-corrected chi connectivity index (χ4v) is 3.69. The Hall–Kier alpha value is -3.11. The van der Waals surface area contributed by atoms with Crippen molar-refractivity contribution in [3.63, 3.8) is 0 Å². The Kier molecular flexibility index (Phi) is 5.12. The smallest absolute Gasteiger partial charge is 0.341 e. The number of aromatic nitrogens is 2. The number of carboxylic acids is 1. The molecule has 29 heavy (non-hydrogen) atoms. The van der Waals surface area contributed by atoms with E-state index in [-0.39, 0.29) is 12.6 Å². The molecule has 154 valence electrons. The van der Waals surface area contributed by atoms with Crippen molar-refractivity contribution < 1.29 is 24.1 Å². The topological polar surface area (TPSA) is 146 Å². The normalized spacial score (nSPS) is 21.4. The quantitative estimate of drug-likeness (QED) is 0.639. The van der Waals surface area contributed by atoms with Gasteiger partial charge in [0.15, 0.2) is 12.2 Å². The minimum atomic E-state index is -1.01. The molecule has 0 unspecified atom stereocenters. The van der Waals surface area contributed by atoms with Crippen molar-refractivity contribution in [2.75, 3.05) is 44.4 Å². The Morgan fingerprint density at radius 1 is 1.28 bits per heavy atom. The van der Waals surface area contributed by atoms with Crippen molar-refractivity contribution in [2.24, 2.45) is 0 Å². The van der Waals surface area contributed by atoms with Gasteiger partial charge in [0, 0.05) is 26.1 Å². The fourth-order valence-electron chi connectivity index (χ4n) is 3.69. The lowest BCUT2D eigenvalue weighted by Crippen LogP contribution is -2.48. The van der Waals surface area contributed by atoms with Gasteiger partial charge in [-0.1, -0.05) is 12.1 Å². The number of carbonyl (C=O) groups is 1. The molecule has 1 fully saturated rings. The molecule has 2 aliphatic heterocycles. The second-order valence-corrected chi connectivity index (χ2v) is 7.30. The van der Waals surface area contributed by atoms with Crippen LogP contribution in [0.25, 0.3) is 0 Å². The van der Waals surface area contributed by atoms with Crippen LogP contribution in [0.4, 0.5) is 11.8 Å². The van der Waals surface area contributed by atoms with Crippen LogP contribution in [0.3, 0.4) is 0 Å². The van der Waals surface area contributed by atoms with Crippen LogP contribution in [0.1, 0.15) is 11.1 Å². The number of anilines is 2. The Morgan fingerprint density at radius 3 is 2.83 bits per heavy atom. The minimum absolute atomic E-state index is 0.0925. The van der Waals surface area contributed by atoms with Gasteiger partial charge in [-0.25, -0.2) is 4.79 Å². The molecule has 1 atom stereocenters. The number of nitrogens with zero attached hydrogens (tertiary/aromatic N) is 3. The van der Waals surface area contributed by atoms with E-state index in [2.05, 4.69) is 14.9 Å². The van der Waals surface area contributed by atoms with Crippen molar-refractivity contribution in [1.29, 1.82) is 0 Å². The van der Waals surface area contributed by atoms with E-state index < -0.39 is 11.6 Å². The lowest BCUT2D eigenvalue weighted by atomic mass is 9.97. The van der Waals surface area contributed by atoms with Gasteiger partial charge in [-0.15, -0.1) is 0 Å². The molecule has 3 heterocycles. The van der Waals surface area contributed by atoms with Crippen molar-refractivity contribution in [3.8, 4) is 11.6 Å². The summed E-state index contributed by atoms with van der Waals surface area (Å²) in [5.41, 5.74) is 13.0. The van der Waals surface area contributed by atoms with Crippen molar-refractivity contribution in [2.45, 2.75) is 18.6 Å². The van der Waals surface area contributed by atoms with Gasteiger partial charge < -0.3 is 30.8 Å². The number of ether oxygens (including phenoxy) is 3. The second kappa shape index (κ2) is 7.72. The average Bonchev–Trinajstić information content (AvgIpc) is 2.91. The minimum Gasteiger partial charge on any atom is -0.482 e. The van der Waals surface area contributed by atoms with Gasteiger partial charge in [-0.05, 0) is 17.7 Å². The van der Waals surface area contributed by atoms with E-state index in [4.69, 9.17) is 30.8 Å². The van der Waals surface area contributed by atoms with Gasteiger partial charge in [0.25, 0.3) is 0 Å². The van der Waals surface area contributed by atoms with E-state index in [0.717, 1.165) is 17.7 Å². The third-order valence-electron chi connectivity index (χ3n) is 4.95. The van der Waals surface area contributed by atoms with Gasteiger partial charge >= 0.3 is 5.97 Å². The highest BCUT2D eigenvalue weighted by Crippen LogP contribution is 2.38. The van der Waals surface area contributed by atoms with Gasteiger partial charge in [-0.3, -0.25) is 4.90 Å². The van der Waals surface area contributed by atoms with Gasteiger partial charge in [0.2, 0.25) is 11.8 Å². The SMILES string of the molecule is Nc1nc(N)c2c(n1)O[C@]1(COCCN(Cc3ccc(OCC(=O)O)cc3)C1)C2. The number of hydrogen-bond acceptors (Lipinski definition) is 9. The predicted molar refractivity (Wildman–Crippen MR) is 104 cm³/mol. The first-order chi connectivity index (χ1) is 13.9. The first-order valence-electron chi connectivity index (χ1n) is 9.27. The lowest BCUT2D eigenvalue weighted by molar-refractivity contribution is -0.139. The van der Waals surface area contributed by atoms with Crippen LogP contribution < -0.4 is 20.9 Å². The van der Waals surface area contributed by atoms with E-state index in [1.54, 1.807) is 12.1 Å². The fraction of sp³-hybridized carbons (Fsp3) is 0.421. The zero-order valence-corrected chi connectivity index (χ0v) is 15.8. The summed E-state index contributed by atoms with van der Waals surface area (Å²) >= 11 is 0. The number of benzene rings is 1. The number of carboxylic acid groups (broad SMARTS) is 1. The first kappa shape index (κ1) is 19.2. The molecule has 1 saturated heterocycles. The van der Waals surface area contributed by atoms with Crippen LogP contribution in [-0.4, -0.2) is 64.5 Å². The molecule has 0 saturated carbocycles. The summed E-state index contributed by atoms with van der Waals surface area (Å²) in [7, 11) is 0. The molecule has 0 bridgehead atoms. The predicted octanol–water partition coefficient (Wildman–Crippen LogP) is 0.311. The number of aliphatic carboxylic acids is 1. The molecule has 4 rings (SSSR count). The van der Waals surface area contributed by atoms with Gasteiger partial charge in [0.05, 0.1) is 18.8 Å². The zero-order valence-electron chi connectivity index (χ0n) is 15.8. The third kappa shape index (κ3) is 4.33. The summed E-state index contributed by atoms with van der Waals surface area (Å²) < 4.78 is 17.2. The average molecular weight is 401 g/mol. The number of nitrogens with two attached hydrogens (primary N) is 2. The van der Waals surface area contributed by atoms with Crippen LogP contribution in [0.5, 0.6) is 11.6 Å². The largest absolute Gasteiger partial charge is 0.482 e. The van der Waals surface area contributed by atoms with Crippen LogP contribution in [0.15, 0.2) is 24.3 Å². The van der Waals surface area contributed by atoms with E-state index in [1.165, 1.54) is 0 Å². The number of fused-ring (bicyclic) bond motifs is 1. The third-order valence-corrected chi connectivity index (χ3v) is 4.95. The van der Waals surface area contributed by atoms with Crippen LogP contribution >= 0.6 is 0 Å². The summed E-state index contributed by atoms with van der Waals surface area (Å²) in [6.07, 6.45) is 0.562. The molecule has 10 heteroatoms. The summed E-state index contributed by atoms with van der Waals surface area (Å²) in [4.78, 5) is 21.1. The summed E-state index contributed by atoms with van der Waals surface area (Å²) in [6.45, 7) is 2.74. The molecule has 1 spiro atoms. The maximum absolute atomic E-state index is 10.6. The molecule has 5 N–H and O–H groups in total. The Bertz CT molecular complexity index is 907. The summed E-state index contributed by atoms with van der Waals surface area (Å²) in [5.74, 6) is 0.383. The van der Waals surface area contributed by atoms with E-state index in [1.807, 2.05) is 12.1 Å². The number of hydrogen-bond donors (Lipinski definition) is 3. The van der Waals surface area contributed by atoms with Crippen molar-refractivity contribution in [1.82, 2.24) is 14.9 Å². The van der Waals surface area contributed by atoms with E-state index in [0.29, 0.717) is 50.2 Å². The standard InChI is InChI=1S/C19H23N5O5/c20-16-14-7-19(29-17(14)23-18(21)22-16)10-24(5-6-27-11-19)8-12-1-3-13(4-2-12)28-9-15(25)26/h1-4H,5-11H2,(H,25,26)(H4,20,21,22,23)/t19-/m1/s1. The van der Waals surface area contributed by atoms with Crippen molar-refractivity contribution >= 4 is 17.7 Å². The molecule has 1 aromatic heterocycles. The van der Waals surface area contributed by atoms with Crippen LogP contribution in [-0.2, 0) is 22.5 Å². The molecule has 10 nitrogen and oxygen atoms in total. The zero-order chi connectivity index (χ0) is 20.4. The van der Waals surface area contributed by atoms with Gasteiger partial charge in [-0.2, -0.15) is 9.97 Å². The summed E-state index contributed by atoms with van der Waals surface area (Å²) in [5, 5.41) is 8.69. The molecule has 0 amide bonds. The second-order valence-electron chi connectivity index (χ2n) is 7.30. The highest BCUT2D eigenvalue weighted by molar-refractivity contribution is 5.68. The monoisotopic (exact) mass is 401 g/mol. The van der Waals surface area contributed by atoms with Crippen molar-refractivity contribution in [3.05, 3.63) is 35.4 Å². The number of rotatable bonds is 5. The number of nitrogen functional groups attached to an aromatic ring is 2. The molecular weight excluding hydrogens is 378 g/mol. The maximum Gasteiger partial charge on any atom is 0.341 e. The van der Waals surface area contributed by atoms with Crippen LogP contribution in [0.2, 0.25) is 0 Å². The summed E-state index contributed by atoms with van der Waals surface area (Å²) in [6, 6.07) is 7.38.